The van der Waals surface area contributed by atoms with Crippen molar-refractivity contribution in [2.24, 2.45) is 5.92 Å². The fraction of sp³-hybridized carbons (Fsp3) is 0.277. The maximum Gasteiger partial charge on any atom is 0.266 e. The number of allylic oxidation sites excluding steroid dienone is 4. The van der Waals surface area contributed by atoms with Gasteiger partial charge in [0.2, 0.25) is 0 Å². The van der Waals surface area contributed by atoms with Crippen LogP contribution < -0.4 is 14.5 Å². The number of aliphatic hydroxyl groups is 2. The molecule has 0 bridgehead atoms. The van der Waals surface area contributed by atoms with Crippen LogP contribution in [0.15, 0.2) is 139 Å². The van der Waals surface area contributed by atoms with Crippen LogP contribution in [0.2, 0.25) is 0 Å². The molecule has 3 heterocycles. The van der Waals surface area contributed by atoms with Crippen molar-refractivity contribution >= 4 is 28.9 Å². The van der Waals surface area contributed by atoms with Crippen molar-refractivity contribution in [2.45, 2.75) is 65.0 Å². The third-order valence-electron chi connectivity index (χ3n) is 10.8. The van der Waals surface area contributed by atoms with E-state index in [1.54, 1.807) is 38.7 Å². The first-order valence-corrected chi connectivity index (χ1v) is 19.5. The number of aromatic nitrogens is 3. The molecule has 0 spiro atoms. The Labute approximate surface area is 334 Å². The van der Waals surface area contributed by atoms with Gasteiger partial charge in [0, 0.05) is 36.5 Å². The third kappa shape index (κ3) is 7.96. The van der Waals surface area contributed by atoms with Gasteiger partial charge in [-0.1, -0.05) is 102 Å². The number of fused-ring (bicyclic) bond motifs is 3. The van der Waals surface area contributed by atoms with E-state index in [-0.39, 0.29) is 18.4 Å². The van der Waals surface area contributed by atoms with Gasteiger partial charge in [-0.25, -0.2) is 0 Å². The molecule has 5 aromatic rings. The highest BCUT2D eigenvalue weighted by Gasteiger charge is 2.52. The second kappa shape index (κ2) is 17.0. The number of anilines is 3. The van der Waals surface area contributed by atoms with Crippen molar-refractivity contribution in [1.29, 1.82) is 0 Å². The quantitative estimate of drug-likeness (QED) is 0.108. The van der Waals surface area contributed by atoms with E-state index in [4.69, 9.17) is 4.74 Å². The number of para-hydroxylation sites is 3. The summed E-state index contributed by atoms with van der Waals surface area (Å²) < 4.78 is 7.97. The Bertz CT molecular complexity index is 2340. The Morgan fingerprint density at radius 1 is 0.877 bits per heavy atom. The largest absolute Gasteiger partial charge is 0.454 e. The van der Waals surface area contributed by atoms with E-state index in [9.17, 15) is 19.8 Å². The number of carbonyl (C=O) groups excluding carboxylic acids is 2. The van der Waals surface area contributed by atoms with Crippen LogP contribution in [0.25, 0.3) is 0 Å². The van der Waals surface area contributed by atoms with Gasteiger partial charge in [0.25, 0.3) is 11.8 Å². The van der Waals surface area contributed by atoms with E-state index in [1.807, 2.05) is 98.1 Å². The van der Waals surface area contributed by atoms with Crippen molar-refractivity contribution in [1.82, 2.24) is 15.0 Å². The van der Waals surface area contributed by atoms with Crippen molar-refractivity contribution in [3.63, 3.8) is 0 Å². The second-order valence-corrected chi connectivity index (χ2v) is 15.0. The average Bonchev–Trinajstić information content (AvgIpc) is 3.73. The topological polar surface area (TPSA) is 121 Å². The SMILES string of the molecule is CC(C)=CCC/C(C)=C/CN1C(=O)[C@@](O)([C@@H](C)/C=C/CCn2cc(C(CO)c3ccccc3)nn2)c2cc(N3C(=O)c4ccccc4Oc4ccccc43)ccc21. The summed E-state index contributed by atoms with van der Waals surface area (Å²) in [6.45, 7) is 8.79. The maximum atomic E-state index is 14.5. The number of carbonyl (C=O) groups is 2. The highest BCUT2D eigenvalue weighted by molar-refractivity contribution is 6.15. The molecule has 0 fully saturated rings. The predicted molar refractivity (Wildman–Crippen MR) is 223 cm³/mol. The number of rotatable bonds is 14. The van der Waals surface area contributed by atoms with Crippen LogP contribution in [-0.2, 0) is 16.9 Å². The van der Waals surface area contributed by atoms with Gasteiger partial charge in [0.15, 0.2) is 11.4 Å². The van der Waals surface area contributed by atoms with Crippen LogP contribution in [0.3, 0.4) is 0 Å². The zero-order valence-electron chi connectivity index (χ0n) is 32.9. The number of aryl methyl sites for hydroxylation is 1. The van der Waals surface area contributed by atoms with Crippen molar-refractivity contribution in [2.75, 3.05) is 23.0 Å². The van der Waals surface area contributed by atoms with Crippen LogP contribution in [0.5, 0.6) is 11.5 Å². The molecule has 2 aliphatic heterocycles. The van der Waals surface area contributed by atoms with E-state index >= 15 is 0 Å². The molecule has 4 aromatic carbocycles. The predicted octanol–water partition coefficient (Wildman–Crippen LogP) is 9.00. The summed E-state index contributed by atoms with van der Waals surface area (Å²) in [5, 5.41) is 31.4. The Kier molecular flexibility index (Phi) is 11.6. The van der Waals surface area contributed by atoms with Gasteiger partial charge in [-0.15, -0.1) is 5.10 Å². The highest BCUT2D eigenvalue weighted by atomic mass is 16.5. The van der Waals surface area contributed by atoms with Crippen molar-refractivity contribution in [3.8, 4) is 11.5 Å². The van der Waals surface area contributed by atoms with Gasteiger partial charge in [-0.05, 0) is 88.1 Å². The maximum absolute atomic E-state index is 14.5. The normalized spacial score (nSPS) is 17.5. The molecule has 0 aliphatic carbocycles. The molecular formula is C47H49N5O5. The summed E-state index contributed by atoms with van der Waals surface area (Å²) >= 11 is 0. The molecule has 0 radical (unpaired) electrons. The second-order valence-electron chi connectivity index (χ2n) is 15.0. The zero-order valence-corrected chi connectivity index (χ0v) is 32.9. The van der Waals surface area contributed by atoms with E-state index in [2.05, 4.69) is 43.2 Å². The Hall–Kier alpha value is -6.10. The molecular weight excluding hydrogens is 715 g/mol. The minimum absolute atomic E-state index is 0.0856. The van der Waals surface area contributed by atoms with Crippen LogP contribution in [0, 0.1) is 5.92 Å². The molecule has 3 atom stereocenters. The van der Waals surface area contributed by atoms with Gasteiger partial charge in [-0.3, -0.25) is 19.2 Å². The summed E-state index contributed by atoms with van der Waals surface area (Å²) in [7, 11) is 0. The summed E-state index contributed by atoms with van der Waals surface area (Å²) in [4.78, 5) is 32.1. The number of ether oxygens (including phenoxy) is 1. The monoisotopic (exact) mass is 763 g/mol. The molecule has 57 heavy (non-hydrogen) atoms. The molecule has 292 valence electrons. The molecule has 0 saturated carbocycles. The number of nitrogens with zero attached hydrogens (tertiary/aromatic N) is 5. The lowest BCUT2D eigenvalue weighted by molar-refractivity contribution is -0.139. The number of hydrogen-bond acceptors (Lipinski definition) is 7. The van der Waals surface area contributed by atoms with Crippen LogP contribution in [0.1, 0.15) is 80.1 Å². The molecule has 1 unspecified atom stereocenters. The molecule has 10 nitrogen and oxygen atoms in total. The summed E-state index contributed by atoms with van der Waals surface area (Å²) in [6, 6.07) is 29.6. The summed E-state index contributed by atoms with van der Waals surface area (Å²) in [6.07, 6.45) is 12.2. The molecule has 2 amide bonds. The van der Waals surface area contributed by atoms with Gasteiger partial charge in [-0.2, -0.15) is 0 Å². The van der Waals surface area contributed by atoms with E-state index < -0.39 is 17.4 Å². The molecule has 1 aromatic heterocycles. The lowest BCUT2D eigenvalue weighted by Crippen LogP contribution is -2.44. The van der Waals surface area contributed by atoms with Crippen LogP contribution >= 0.6 is 0 Å². The molecule has 7 rings (SSSR count). The summed E-state index contributed by atoms with van der Waals surface area (Å²) in [5.74, 6) is -0.649. The first-order valence-electron chi connectivity index (χ1n) is 19.5. The van der Waals surface area contributed by atoms with Crippen molar-refractivity contribution in [3.05, 3.63) is 161 Å². The summed E-state index contributed by atoms with van der Waals surface area (Å²) in [5.41, 5.74) is 4.62. The zero-order chi connectivity index (χ0) is 40.1. The van der Waals surface area contributed by atoms with Gasteiger partial charge >= 0.3 is 0 Å². The van der Waals surface area contributed by atoms with E-state index in [0.717, 1.165) is 24.0 Å². The average molecular weight is 764 g/mol. The minimum Gasteiger partial charge on any atom is -0.454 e. The third-order valence-corrected chi connectivity index (χ3v) is 10.8. The number of hydrogen-bond donors (Lipinski definition) is 2. The number of aliphatic hydroxyl groups excluding tert-OH is 1. The highest BCUT2D eigenvalue weighted by Crippen LogP contribution is 2.49. The molecule has 2 aliphatic rings. The number of benzene rings is 4. The van der Waals surface area contributed by atoms with Crippen LogP contribution in [0.4, 0.5) is 17.1 Å². The Morgan fingerprint density at radius 2 is 1.61 bits per heavy atom. The number of amides is 2. The standard InChI is InChI=1S/C47H49N5O5/c1-32(2)15-14-16-33(3)26-28-51-41-25-24-36(52-42-21-9-11-23-44(42)57-43-22-10-8-20-37(43)45(52)54)29-39(41)47(56,46(51)55)34(4)17-12-13-27-50-30-40(48-49-50)38(31-53)35-18-6-5-7-19-35/h5-12,15,17-26,29-30,34,38,53,56H,13-14,16,27-28,31H2,1-4H3/b17-12+,33-26+/t34-,38?,47+/m0/s1. The first-order chi connectivity index (χ1) is 27.6. The van der Waals surface area contributed by atoms with Crippen molar-refractivity contribution < 1.29 is 24.5 Å². The fourth-order valence-corrected chi connectivity index (χ4v) is 7.54. The van der Waals surface area contributed by atoms with Gasteiger partial charge in [0.05, 0.1) is 35.2 Å². The van der Waals surface area contributed by atoms with Gasteiger partial charge < -0.3 is 19.8 Å². The smallest absolute Gasteiger partial charge is 0.266 e. The van der Waals surface area contributed by atoms with Crippen LogP contribution in [-0.4, -0.2) is 50.2 Å². The molecule has 10 heteroatoms. The Balaban J connectivity index is 1.18. The first kappa shape index (κ1) is 39.1. The fourth-order valence-electron chi connectivity index (χ4n) is 7.54. The van der Waals surface area contributed by atoms with Gasteiger partial charge in [0.1, 0.15) is 5.75 Å². The lowest BCUT2D eigenvalue weighted by Gasteiger charge is -2.28. The molecule has 2 N–H and O–H groups in total. The Morgan fingerprint density at radius 3 is 2.39 bits per heavy atom. The van der Waals surface area contributed by atoms with E-state index in [0.29, 0.717) is 64.9 Å². The minimum atomic E-state index is -1.92. The van der Waals surface area contributed by atoms with E-state index in [1.165, 1.54) is 5.57 Å². The molecule has 0 saturated heterocycles. The lowest BCUT2D eigenvalue weighted by atomic mass is 9.82.